The average molecular weight is 422 g/mol. The molecule has 1 saturated heterocycles. The van der Waals surface area contributed by atoms with Gasteiger partial charge in [-0.05, 0) is 69.7 Å². The van der Waals surface area contributed by atoms with Gasteiger partial charge in [0.25, 0.3) is 0 Å². The highest BCUT2D eigenvalue weighted by Crippen LogP contribution is 2.44. The Bertz CT molecular complexity index is 947. The van der Waals surface area contributed by atoms with Crippen LogP contribution in [0.2, 0.25) is 0 Å². The molecule has 2 aromatic rings. The molecule has 31 heavy (non-hydrogen) atoms. The quantitative estimate of drug-likeness (QED) is 0.679. The molecule has 0 spiro atoms. The highest BCUT2D eigenvalue weighted by molar-refractivity contribution is 5.46. The van der Waals surface area contributed by atoms with Crippen LogP contribution in [0.1, 0.15) is 43.0 Å². The SMILES string of the molecule is CN(C)Cc1cn([C@@H]2C[C@@H]3CN(c4cc(C#N)ccn4)C[C@@H]3C[C@H]2OCC2CC2)nn1. The summed E-state index contributed by atoms with van der Waals surface area (Å²) in [6.45, 7) is 3.61. The molecule has 8 nitrogen and oxygen atoms in total. The van der Waals surface area contributed by atoms with Crippen molar-refractivity contribution in [2.45, 2.75) is 44.4 Å². The van der Waals surface area contributed by atoms with E-state index < -0.39 is 0 Å². The molecule has 2 aliphatic carbocycles. The van der Waals surface area contributed by atoms with E-state index in [4.69, 9.17) is 4.74 Å². The first-order valence-electron chi connectivity index (χ1n) is 11.4. The maximum atomic E-state index is 9.24. The van der Waals surface area contributed by atoms with Crippen molar-refractivity contribution in [2.24, 2.45) is 17.8 Å². The van der Waals surface area contributed by atoms with E-state index in [9.17, 15) is 5.26 Å². The van der Waals surface area contributed by atoms with Crippen molar-refractivity contribution >= 4 is 5.82 Å². The van der Waals surface area contributed by atoms with Crippen LogP contribution in [0.3, 0.4) is 0 Å². The third-order valence-corrected chi connectivity index (χ3v) is 6.90. The highest BCUT2D eigenvalue weighted by Gasteiger charge is 2.44. The van der Waals surface area contributed by atoms with Gasteiger partial charge in [0.1, 0.15) is 5.82 Å². The van der Waals surface area contributed by atoms with Gasteiger partial charge in [0.2, 0.25) is 0 Å². The summed E-state index contributed by atoms with van der Waals surface area (Å²) < 4.78 is 8.53. The van der Waals surface area contributed by atoms with Crippen LogP contribution < -0.4 is 4.90 Å². The maximum Gasteiger partial charge on any atom is 0.129 e. The van der Waals surface area contributed by atoms with Crippen LogP contribution in [-0.2, 0) is 11.3 Å². The first-order valence-corrected chi connectivity index (χ1v) is 11.4. The lowest BCUT2D eigenvalue weighted by Crippen LogP contribution is -2.38. The summed E-state index contributed by atoms with van der Waals surface area (Å²) in [4.78, 5) is 8.99. The lowest BCUT2D eigenvalue weighted by Gasteiger charge is -2.37. The lowest BCUT2D eigenvalue weighted by atomic mass is 9.77. The molecule has 0 N–H and O–H groups in total. The maximum absolute atomic E-state index is 9.24. The van der Waals surface area contributed by atoms with Crippen molar-refractivity contribution in [1.29, 1.82) is 5.26 Å². The van der Waals surface area contributed by atoms with Crippen molar-refractivity contribution in [2.75, 3.05) is 38.7 Å². The van der Waals surface area contributed by atoms with Gasteiger partial charge in [-0.1, -0.05) is 5.21 Å². The normalized spacial score (nSPS) is 28.0. The zero-order chi connectivity index (χ0) is 21.4. The molecule has 3 fully saturated rings. The van der Waals surface area contributed by atoms with Crippen LogP contribution in [0.15, 0.2) is 24.5 Å². The van der Waals surface area contributed by atoms with Crippen molar-refractivity contribution in [3.05, 3.63) is 35.8 Å². The fourth-order valence-corrected chi connectivity index (χ4v) is 5.11. The lowest BCUT2D eigenvalue weighted by molar-refractivity contribution is -0.0375. The molecule has 3 aliphatic rings. The smallest absolute Gasteiger partial charge is 0.129 e. The van der Waals surface area contributed by atoms with Gasteiger partial charge in [-0.2, -0.15) is 5.26 Å². The summed E-state index contributed by atoms with van der Waals surface area (Å²) in [6.07, 6.45) is 8.70. The number of rotatable bonds is 7. The van der Waals surface area contributed by atoms with Crippen LogP contribution in [0, 0.1) is 29.1 Å². The van der Waals surface area contributed by atoms with Crippen LogP contribution in [0.25, 0.3) is 0 Å². The molecule has 164 valence electrons. The number of aromatic nitrogens is 4. The van der Waals surface area contributed by atoms with E-state index in [2.05, 4.69) is 42.0 Å². The first-order chi connectivity index (χ1) is 15.1. The molecule has 0 radical (unpaired) electrons. The predicted octanol–water partition coefficient (Wildman–Crippen LogP) is 2.49. The average Bonchev–Trinajstić information content (AvgIpc) is 3.33. The Morgan fingerprint density at radius 2 is 2.03 bits per heavy atom. The Balaban J connectivity index is 1.33. The molecule has 2 saturated carbocycles. The summed E-state index contributed by atoms with van der Waals surface area (Å²) in [5.41, 5.74) is 1.66. The van der Waals surface area contributed by atoms with E-state index in [0.29, 0.717) is 17.4 Å². The van der Waals surface area contributed by atoms with Gasteiger partial charge in [-0.3, -0.25) is 0 Å². The molecule has 0 amide bonds. The van der Waals surface area contributed by atoms with Crippen molar-refractivity contribution in [1.82, 2.24) is 24.9 Å². The number of ether oxygens (including phenoxy) is 1. The molecule has 1 aliphatic heterocycles. The summed E-state index contributed by atoms with van der Waals surface area (Å²) in [5.74, 6) is 2.81. The number of nitriles is 1. The molecule has 0 aromatic carbocycles. The molecule has 0 bridgehead atoms. The number of fused-ring (bicyclic) bond motifs is 1. The van der Waals surface area contributed by atoms with E-state index in [-0.39, 0.29) is 12.1 Å². The largest absolute Gasteiger partial charge is 0.376 e. The number of hydrogen-bond donors (Lipinski definition) is 0. The van der Waals surface area contributed by atoms with Gasteiger partial charge in [0.05, 0.1) is 35.7 Å². The number of pyridine rings is 1. The van der Waals surface area contributed by atoms with E-state index >= 15 is 0 Å². The standard InChI is InChI=1S/C23H31N7O/c1-28(2)13-20-14-30(27-26-20)21-8-18-11-29(23-7-17(10-24)5-6-25-23)12-19(18)9-22(21)31-15-16-3-4-16/h5-7,14,16,18-19,21-22H,3-4,8-9,11-13,15H2,1-2H3/t18-,19+,21-,22-/m1/s1. The zero-order valence-electron chi connectivity index (χ0n) is 18.4. The minimum absolute atomic E-state index is 0.175. The van der Waals surface area contributed by atoms with Crippen LogP contribution in [0.4, 0.5) is 5.82 Å². The third kappa shape index (κ3) is 4.58. The van der Waals surface area contributed by atoms with Gasteiger partial charge < -0.3 is 14.5 Å². The molecule has 4 atom stereocenters. The summed E-state index contributed by atoms with van der Waals surface area (Å²) in [7, 11) is 4.10. The minimum Gasteiger partial charge on any atom is -0.376 e. The molecule has 3 heterocycles. The Kier molecular flexibility index (Phi) is 5.63. The van der Waals surface area contributed by atoms with E-state index in [1.807, 2.05) is 20.2 Å². The third-order valence-electron chi connectivity index (χ3n) is 6.90. The van der Waals surface area contributed by atoms with Crippen molar-refractivity contribution < 1.29 is 4.74 Å². The van der Waals surface area contributed by atoms with Gasteiger partial charge in [-0.15, -0.1) is 5.10 Å². The Hall–Kier alpha value is -2.50. The second-order valence-corrected chi connectivity index (χ2v) is 9.72. The molecular formula is C23H31N7O. The first kappa shape index (κ1) is 20.4. The monoisotopic (exact) mass is 421 g/mol. The molecular weight excluding hydrogens is 390 g/mol. The van der Waals surface area contributed by atoms with Gasteiger partial charge in [0.15, 0.2) is 0 Å². The molecule has 5 rings (SSSR count). The summed E-state index contributed by atoms with van der Waals surface area (Å²) >= 11 is 0. The Morgan fingerprint density at radius 3 is 2.77 bits per heavy atom. The number of nitrogens with zero attached hydrogens (tertiary/aromatic N) is 7. The molecule has 8 heteroatoms. The highest BCUT2D eigenvalue weighted by atomic mass is 16.5. The second kappa shape index (κ2) is 8.56. The topological polar surface area (TPSA) is 83.1 Å². The van der Waals surface area contributed by atoms with E-state index in [1.54, 1.807) is 12.3 Å². The van der Waals surface area contributed by atoms with Crippen molar-refractivity contribution in [3.8, 4) is 6.07 Å². The second-order valence-electron chi connectivity index (χ2n) is 9.72. The Labute approximate surface area is 183 Å². The van der Waals surface area contributed by atoms with Gasteiger partial charge >= 0.3 is 0 Å². The van der Waals surface area contributed by atoms with E-state index in [1.165, 1.54) is 12.8 Å². The number of hydrogen-bond acceptors (Lipinski definition) is 7. The Morgan fingerprint density at radius 1 is 1.23 bits per heavy atom. The van der Waals surface area contributed by atoms with Crippen LogP contribution in [0.5, 0.6) is 0 Å². The molecule has 2 aromatic heterocycles. The minimum atomic E-state index is 0.175. The van der Waals surface area contributed by atoms with Crippen LogP contribution in [-0.4, -0.2) is 64.8 Å². The van der Waals surface area contributed by atoms with Crippen LogP contribution >= 0.6 is 0 Å². The fourth-order valence-electron chi connectivity index (χ4n) is 5.11. The predicted molar refractivity (Wildman–Crippen MR) is 116 cm³/mol. The van der Waals surface area contributed by atoms with E-state index in [0.717, 1.165) is 56.5 Å². The van der Waals surface area contributed by atoms with Gasteiger partial charge in [-0.25, -0.2) is 9.67 Å². The zero-order valence-corrected chi connectivity index (χ0v) is 18.4. The van der Waals surface area contributed by atoms with Gasteiger partial charge in [0, 0.05) is 32.4 Å². The summed E-state index contributed by atoms with van der Waals surface area (Å²) in [6, 6.07) is 6.12. The number of anilines is 1. The van der Waals surface area contributed by atoms with Crippen molar-refractivity contribution in [3.63, 3.8) is 0 Å². The molecule has 0 unspecified atom stereocenters. The fraction of sp³-hybridized carbons (Fsp3) is 0.652. The summed E-state index contributed by atoms with van der Waals surface area (Å²) in [5, 5.41) is 18.1.